The lowest BCUT2D eigenvalue weighted by molar-refractivity contribution is -0.122. The van der Waals surface area contributed by atoms with Gasteiger partial charge in [0.2, 0.25) is 15.9 Å². The van der Waals surface area contributed by atoms with Gasteiger partial charge in [-0.3, -0.25) is 9.36 Å². The number of sulfonamides is 1. The minimum atomic E-state index is -4.06. The van der Waals surface area contributed by atoms with Crippen LogP contribution in [-0.4, -0.2) is 36.9 Å². The smallest absolute Gasteiger partial charge is 0.408 e. The summed E-state index contributed by atoms with van der Waals surface area (Å²) < 4.78 is 47.6. The van der Waals surface area contributed by atoms with E-state index in [1.165, 1.54) is 53.7 Å². The summed E-state index contributed by atoms with van der Waals surface area (Å²) in [4.78, 5) is 24.2. The molecule has 11 heteroatoms. The molecule has 31 heavy (non-hydrogen) atoms. The number of halogens is 1. The number of carbonyl (C=O) groups excluding carboxylic acids is 1. The number of hydrogen-bond donors (Lipinski definition) is 2. The van der Waals surface area contributed by atoms with Gasteiger partial charge in [-0.15, -0.1) is 0 Å². The van der Waals surface area contributed by atoms with Crippen LogP contribution in [0.4, 0.5) is 4.39 Å². The van der Waals surface area contributed by atoms with Crippen molar-refractivity contribution in [2.45, 2.75) is 23.9 Å². The number of amides is 1. The van der Waals surface area contributed by atoms with Crippen LogP contribution in [-0.2, 0) is 28.4 Å². The summed E-state index contributed by atoms with van der Waals surface area (Å²) in [5.41, 5.74) is 1.28. The van der Waals surface area contributed by atoms with Crippen molar-refractivity contribution in [2.24, 2.45) is 7.05 Å². The van der Waals surface area contributed by atoms with Gasteiger partial charge in [-0.1, -0.05) is 12.1 Å². The molecule has 8 nitrogen and oxygen atoms in total. The summed E-state index contributed by atoms with van der Waals surface area (Å²) in [5.74, 6) is -0.916. The molecule has 1 unspecified atom stereocenters. The minimum absolute atomic E-state index is 0.116. The van der Waals surface area contributed by atoms with Crippen molar-refractivity contribution in [2.75, 3.05) is 12.0 Å². The first-order chi connectivity index (χ1) is 14.7. The number of aryl methyl sites for hydroxylation is 1. The summed E-state index contributed by atoms with van der Waals surface area (Å²) >= 11 is 1.48. The van der Waals surface area contributed by atoms with E-state index in [9.17, 15) is 22.4 Å². The molecule has 0 aliphatic heterocycles. The highest BCUT2D eigenvalue weighted by atomic mass is 32.2. The third-order valence-electron chi connectivity index (χ3n) is 4.68. The Morgan fingerprint density at radius 3 is 2.61 bits per heavy atom. The van der Waals surface area contributed by atoms with Gasteiger partial charge in [0.1, 0.15) is 11.9 Å². The lowest BCUT2D eigenvalue weighted by Gasteiger charge is -2.18. The maximum atomic E-state index is 13.0. The standard InChI is InChI=1S/C20H22FN3O5S2/c1-24-17-8-7-15(11-18(17)29-20(24)26)31(27,28)23-16(9-10-30-2)19(25)22-12-13-3-5-14(21)6-4-13/h3-8,11,16,23H,9-10,12H2,1-2H3,(H,22,25). The van der Waals surface area contributed by atoms with Crippen molar-refractivity contribution in [1.82, 2.24) is 14.6 Å². The molecule has 2 N–H and O–H groups in total. The average Bonchev–Trinajstić information content (AvgIpc) is 3.03. The molecule has 3 rings (SSSR count). The zero-order chi connectivity index (χ0) is 22.6. The number of aromatic nitrogens is 1. The number of benzene rings is 2. The van der Waals surface area contributed by atoms with E-state index < -0.39 is 27.7 Å². The Labute approximate surface area is 182 Å². The van der Waals surface area contributed by atoms with E-state index in [2.05, 4.69) is 10.0 Å². The summed E-state index contributed by atoms with van der Waals surface area (Å²) in [5, 5.41) is 2.68. The van der Waals surface area contributed by atoms with Gasteiger partial charge >= 0.3 is 5.76 Å². The first-order valence-corrected chi connectivity index (χ1v) is 12.2. The number of fused-ring (bicyclic) bond motifs is 1. The largest absolute Gasteiger partial charge is 0.419 e. The quantitative estimate of drug-likeness (QED) is 0.498. The van der Waals surface area contributed by atoms with Crippen molar-refractivity contribution < 1.29 is 22.0 Å². The molecule has 1 aromatic heterocycles. The third kappa shape index (κ3) is 5.54. The van der Waals surface area contributed by atoms with Gasteiger partial charge in [-0.25, -0.2) is 17.6 Å². The minimum Gasteiger partial charge on any atom is -0.408 e. The fourth-order valence-corrected chi connectivity index (χ4v) is 4.65. The zero-order valence-electron chi connectivity index (χ0n) is 16.9. The van der Waals surface area contributed by atoms with Gasteiger partial charge in [0, 0.05) is 19.7 Å². The molecule has 0 bridgehead atoms. The van der Waals surface area contributed by atoms with Crippen molar-refractivity contribution in [1.29, 1.82) is 0 Å². The first-order valence-electron chi connectivity index (χ1n) is 9.34. The summed E-state index contributed by atoms with van der Waals surface area (Å²) in [7, 11) is -2.54. The Balaban J connectivity index is 1.77. The fourth-order valence-electron chi connectivity index (χ4n) is 2.93. The number of nitrogens with one attached hydrogen (secondary N) is 2. The molecule has 0 fully saturated rings. The van der Waals surface area contributed by atoms with Crippen LogP contribution in [0, 0.1) is 5.82 Å². The van der Waals surface area contributed by atoms with Gasteiger partial charge in [0.05, 0.1) is 10.4 Å². The summed E-state index contributed by atoms with van der Waals surface area (Å²) in [6, 6.07) is 8.72. The highest BCUT2D eigenvalue weighted by Crippen LogP contribution is 2.18. The summed E-state index contributed by atoms with van der Waals surface area (Å²) in [6.45, 7) is 0.137. The Morgan fingerprint density at radius 1 is 1.23 bits per heavy atom. The van der Waals surface area contributed by atoms with Crippen molar-refractivity contribution >= 4 is 38.8 Å². The maximum Gasteiger partial charge on any atom is 0.419 e. The third-order valence-corrected chi connectivity index (χ3v) is 6.79. The monoisotopic (exact) mass is 467 g/mol. The highest BCUT2D eigenvalue weighted by Gasteiger charge is 2.26. The fraction of sp³-hybridized carbons (Fsp3) is 0.300. The normalized spacial score (nSPS) is 12.7. The summed E-state index contributed by atoms with van der Waals surface area (Å²) in [6.07, 6.45) is 2.13. The number of nitrogens with zero attached hydrogens (tertiary/aromatic N) is 1. The van der Waals surface area contributed by atoms with Crippen molar-refractivity contribution in [3.8, 4) is 0 Å². The number of carbonyl (C=O) groups is 1. The second kappa shape index (κ2) is 9.67. The van der Waals surface area contributed by atoms with E-state index in [0.717, 1.165) is 0 Å². The second-order valence-corrected chi connectivity index (χ2v) is 9.56. The Morgan fingerprint density at radius 2 is 1.94 bits per heavy atom. The maximum absolute atomic E-state index is 13.0. The van der Waals surface area contributed by atoms with E-state index in [0.29, 0.717) is 16.8 Å². The lowest BCUT2D eigenvalue weighted by Crippen LogP contribution is -2.46. The second-order valence-electron chi connectivity index (χ2n) is 6.86. The van der Waals surface area contributed by atoms with E-state index in [-0.39, 0.29) is 29.3 Å². The SMILES string of the molecule is CSCCC(NS(=O)(=O)c1ccc2c(c1)oc(=O)n2C)C(=O)NCc1ccc(F)cc1. The van der Waals surface area contributed by atoms with Crippen LogP contribution >= 0.6 is 11.8 Å². The van der Waals surface area contributed by atoms with Gasteiger partial charge in [-0.2, -0.15) is 16.5 Å². The van der Waals surface area contributed by atoms with Crippen LogP contribution in [0.15, 0.2) is 56.6 Å². The molecule has 1 atom stereocenters. The Kier molecular flexibility index (Phi) is 7.19. The van der Waals surface area contributed by atoms with Crippen molar-refractivity contribution in [3.05, 3.63) is 64.4 Å². The predicted octanol–water partition coefficient (Wildman–Crippen LogP) is 1.99. The van der Waals surface area contributed by atoms with E-state index in [1.807, 2.05) is 6.26 Å². The molecular weight excluding hydrogens is 445 g/mol. The van der Waals surface area contributed by atoms with Gasteiger partial charge < -0.3 is 9.73 Å². The topological polar surface area (TPSA) is 110 Å². The molecule has 0 saturated heterocycles. The molecule has 0 aliphatic rings. The van der Waals surface area contributed by atoms with Crippen LogP contribution < -0.4 is 15.8 Å². The molecule has 0 spiro atoms. The molecule has 2 aromatic carbocycles. The molecule has 0 aliphatic carbocycles. The average molecular weight is 468 g/mol. The number of rotatable bonds is 9. The van der Waals surface area contributed by atoms with Crippen LogP contribution in [0.1, 0.15) is 12.0 Å². The molecule has 3 aromatic rings. The molecule has 166 valence electrons. The molecule has 1 heterocycles. The van der Waals surface area contributed by atoms with E-state index in [1.54, 1.807) is 12.1 Å². The lowest BCUT2D eigenvalue weighted by atomic mass is 10.2. The molecule has 0 radical (unpaired) electrons. The number of thioether (sulfide) groups is 1. The number of hydrogen-bond acceptors (Lipinski definition) is 6. The predicted molar refractivity (Wildman–Crippen MR) is 117 cm³/mol. The molecule has 1 amide bonds. The van der Waals surface area contributed by atoms with Gasteiger partial charge in [0.25, 0.3) is 0 Å². The van der Waals surface area contributed by atoms with Gasteiger partial charge in [0.15, 0.2) is 5.58 Å². The number of oxazole rings is 1. The van der Waals surface area contributed by atoms with Gasteiger partial charge in [-0.05, 0) is 48.3 Å². The zero-order valence-corrected chi connectivity index (χ0v) is 18.6. The van der Waals surface area contributed by atoms with Crippen LogP contribution in [0.25, 0.3) is 11.1 Å². The molecule has 0 saturated carbocycles. The Bertz CT molecular complexity index is 1240. The Hall–Kier alpha value is -2.63. The van der Waals surface area contributed by atoms with Crippen LogP contribution in [0.3, 0.4) is 0 Å². The van der Waals surface area contributed by atoms with E-state index >= 15 is 0 Å². The molecular formula is C20H22FN3O5S2. The van der Waals surface area contributed by atoms with Crippen molar-refractivity contribution in [3.63, 3.8) is 0 Å². The van der Waals surface area contributed by atoms with Crippen LogP contribution in [0.2, 0.25) is 0 Å². The first kappa shape index (κ1) is 23.0. The van der Waals surface area contributed by atoms with Crippen LogP contribution in [0.5, 0.6) is 0 Å². The van der Waals surface area contributed by atoms with E-state index in [4.69, 9.17) is 4.42 Å². The highest BCUT2D eigenvalue weighted by molar-refractivity contribution is 7.98.